The van der Waals surface area contributed by atoms with Crippen LogP contribution in [0.4, 0.5) is 11.4 Å². The van der Waals surface area contributed by atoms with Crippen LogP contribution in [-0.2, 0) is 0 Å². The van der Waals surface area contributed by atoms with Crippen molar-refractivity contribution in [2.75, 3.05) is 5.32 Å². The maximum Gasteiger partial charge on any atom is 0.293 e. The number of anilines is 1. The van der Waals surface area contributed by atoms with E-state index in [2.05, 4.69) is 20.5 Å². The number of amides is 1. The maximum atomic E-state index is 11.1. The molecule has 1 atom stereocenters. The molecule has 1 aromatic carbocycles. The molecule has 0 aliphatic rings. The Hall–Kier alpha value is -2.97. The monoisotopic (exact) mass is 276 g/mol. The molecule has 0 aliphatic heterocycles. The van der Waals surface area contributed by atoms with Gasteiger partial charge in [0.1, 0.15) is 17.8 Å². The van der Waals surface area contributed by atoms with Gasteiger partial charge in [0.2, 0.25) is 5.91 Å². The van der Waals surface area contributed by atoms with E-state index in [0.717, 1.165) is 6.07 Å². The van der Waals surface area contributed by atoms with E-state index < -0.39 is 10.8 Å². The number of nitro benzene ring substituents is 1. The Morgan fingerprint density at radius 1 is 1.55 bits per heavy atom. The number of hydrogen-bond donors (Lipinski definition) is 3. The molecule has 0 spiro atoms. The minimum absolute atomic E-state index is 0.0783. The molecule has 1 aromatic heterocycles. The highest BCUT2D eigenvalue weighted by Crippen LogP contribution is 2.28. The molecule has 4 N–H and O–H groups in total. The molecule has 20 heavy (non-hydrogen) atoms. The topological polar surface area (TPSA) is 140 Å². The summed E-state index contributed by atoms with van der Waals surface area (Å²) in [4.78, 5) is 25.5. The zero-order valence-corrected chi connectivity index (χ0v) is 10.5. The molecule has 104 valence electrons. The third kappa shape index (κ3) is 2.71. The van der Waals surface area contributed by atoms with Gasteiger partial charge in [-0.3, -0.25) is 20.0 Å². The van der Waals surface area contributed by atoms with Crippen LogP contribution in [0.25, 0.3) is 0 Å². The first kappa shape index (κ1) is 13.5. The third-order valence-corrected chi connectivity index (χ3v) is 2.69. The average molecular weight is 276 g/mol. The van der Waals surface area contributed by atoms with Gasteiger partial charge in [-0.2, -0.15) is 5.10 Å². The second kappa shape index (κ2) is 5.34. The maximum absolute atomic E-state index is 11.1. The Labute approximate surface area is 113 Å². The highest BCUT2D eigenvalue weighted by molar-refractivity contribution is 5.94. The van der Waals surface area contributed by atoms with E-state index in [0.29, 0.717) is 5.82 Å². The molecule has 2 rings (SSSR count). The number of aromatic amines is 1. The fraction of sp³-hybridized carbons (Fsp3) is 0.182. The molecule has 0 aliphatic carbocycles. The molecule has 1 amide bonds. The quantitative estimate of drug-likeness (QED) is 0.549. The summed E-state index contributed by atoms with van der Waals surface area (Å²) in [7, 11) is 0. The van der Waals surface area contributed by atoms with Gasteiger partial charge in [0, 0.05) is 11.6 Å². The number of nitro groups is 1. The Bertz CT molecular complexity index is 640. The smallest absolute Gasteiger partial charge is 0.293 e. The number of carbonyl (C=O) groups excluding carboxylic acids is 1. The lowest BCUT2D eigenvalue weighted by Gasteiger charge is -2.13. The number of carbonyl (C=O) groups is 1. The van der Waals surface area contributed by atoms with Gasteiger partial charge < -0.3 is 11.1 Å². The van der Waals surface area contributed by atoms with Crippen molar-refractivity contribution >= 4 is 17.3 Å². The number of rotatable bonds is 5. The zero-order chi connectivity index (χ0) is 14.7. The summed E-state index contributed by atoms with van der Waals surface area (Å²) in [6.07, 6.45) is 1.35. The van der Waals surface area contributed by atoms with Gasteiger partial charge in [0.15, 0.2) is 0 Å². The molecular formula is C11H12N6O3. The van der Waals surface area contributed by atoms with Crippen LogP contribution in [0.1, 0.15) is 29.1 Å². The van der Waals surface area contributed by atoms with Crippen LogP contribution in [0.2, 0.25) is 0 Å². The predicted molar refractivity (Wildman–Crippen MR) is 70.0 cm³/mol. The van der Waals surface area contributed by atoms with E-state index in [9.17, 15) is 14.9 Å². The second-order valence-corrected chi connectivity index (χ2v) is 4.09. The summed E-state index contributed by atoms with van der Waals surface area (Å²) >= 11 is 0. The minimum atomic E-state index is -0.720. The van der Waals surface area contributed by atoms with Crippen molar-refractivity contribution in [2.45, 2.75) is 13.0 Å². The first-order chi connectivity index (χ1) is 9.49. The number of hydrogen-bond acceptors (Lipinski definition) is 6. The molecule has 2 aromatic rings. The largest absolute Gasteiger partial charge is 0.370 e. The standard InChI is InChI=1S/C11H12N6O3/c1-6(11-13-5-14-16-11)15-8-3-2-7(10(12)18)4-9(8)17(19)20/h2-6,15H,1H3,(H2,12,18)(H,13,14,16). The van der Waals surface area contributed by atoms with E-state index in [-0.39, 0.29) is 23.0 Å². The van der Waals surface area contributed by atoms with Crippen LogP contribution in [-0.4, -0.2) is 26.0 Å². The van der Waals surface area contributed by atoms with Crippen LogP contribution in [0.5, 0.6) is 0 Å². The highest BCUT2D eigenvalue weighted by Gasteiger charge is 2.19. The van der Waals surface area contributed by atoms with Crippen molar-refractivity contribution in [3.05, 3.63) is 46.0 Å². The van der Waals surface area contributed by atoms with Crippen LogP contribution in [0, 0.1) is 10.1 Å². The van der Waals surface area contributed by atoms with Crippen molar-refractivity contribution in [2.24, 2.45) is 5.73 Å². The number of primary amides is 1. The van der Waals surface area contributed by atoms with Gasteiger partial charge in [-0.05, 0) is 19.1 Å². The van der Waals surface area contributed by atoms with Crippen LogP contribution < -0.4 is 11.1 Å². The molecule has 0 bridgehead atoms. The van der Waals surface area contributed by atoms with Gasteiger partial charge in [-0.15, -0.1) is 0 Å². The number of nitrogens with one attached hydrogen (secondary N) is 2. The molecule has 0 radical (unpaired) electrons. The summed E-state index contributed by atoms with van der Waals surface area (Å²) in [5, 5.41) is 20.4. The Balaban J connectivity index is 2.31. The fourth-order valence-electron chi connectivity index (χ4n) is 1.68. The molecule has 0 saturated carbocycles. The molecule has 0 saturated heterocycles. The normalized spacial score (nSPS) is 11.8. The number of nitrogens with zero attached hydrogens (tertiary/aromatic N) is 3. The lowest BCUT2D eigenvalue weighted by Crippen LogP contribution is -2.13. The molecule has 0 fully saturated rings. The first-order valence-corrected chi connectivity index (χ1v) is 5.69. The molecule has 1 heterocycles. The SMILES string of the molecule is CC(Nc1ccc(C(N)=O)cc1[N+](=O)[O-])c1ncn[nH]1. The molecular weight excluding hydrogens is 264 g/mol. The number of aromatic nitrogens is 3. The zero-order valence-electron chi connectivity index (χ0n) is 10.5. The van der Waals surface area contributed by atoms with Crippen LogP contribution in [0.15, 0.2) is 24.5 Å². The summed E-state index contributed by atoms with van der Waals surface area (Å²) in [6.45, 7) is 1.77. The Morgan fingerprint density at radius 2 is 2.30 bits per heavy atom. The summed E-state index contributed by atoms with van der Waals surface area (Å²) < 4.78 is 0. The van der Waals surface area contributed by atoms with Gasteiger partial charge in [0.25, 0.3) is 5.69 Å². The van der Waals surface area contributed by atoms with E-state index in [1.807, 2.05) is 0 Å². The van der Waals surface area contributed by atoms with E-state index in [1.54, 1.807) is 6.92 Å². The van der Waals surface area contributed by atoms with Gasteiger partial charge in [0.05, 0.1) is 11.0 Å². The van der Waals surface area contributed by atoms with Crippen LogP contribution in [0.3, 0.4) is 0 Å². The number of H-pyrrole nitrogens is 1. The Morgan fingerprint density at radius 3 is 2.85 bits per heavy atom. The van der Waals surface area contributed by atoms with E-state index in [4.69, 9.17) is 5.73 Å². The fourth-order valence-corrected chi connectivity index (χ4v) is 1.68. The predicted octanol–water partition coefficient (Wildman–Crippen LogP) is 0.985. The van der Waals surface area contributed by atoms with Crippen molar-refractivity contribution in [1.29, 1.82) is 0 Å². The lowest BCUT2D eigenvalue weighted by molar-refractivity contribution is -0.384. The molecule has 1 unspecified atom stereocenters. The minimum Gasteiger partial charge on any atom is -0.370 e. The molecule has 9 heteroatoms. The summed E-state index contributed by atoms with van der Waals surface area (Å²) in [6, 6.07) is 3.68. The third-order valence-electron chi connectivity index (χ3n) is 2.69. The van der Waals surface area contributed by atoms with E-state index in [1.165, 1.54) is 18.5 Å². The molecule has 9 nitrogen and oxygen atoms in total. The van der Waals surface area contributed by atoms with Crippen LogP contribution >= 0.6 is 0 Å². The second-order valence-electron chi connectivity index (χ2n) is 4.09. The van der Waals surface area contributed by atoms with Gasteiger partial charge >= 0.3 is 0 Å². The van der Waals surface area contributed by atoms with Crippen molar-refractivity contribution in [1.82, 2.24) is 15.2 Å². The van der Waals surface area contributed by atoms with Gasteiger partial charge in [-0.1, -0.05) is 0 Å². The average Bonchev–Trinajstić information content (AvgIpc) is 2.92. The van der Waals surface area contributed by atoms with Crippen molar-refractivity contribution < 1.29 is 9.72 Å². The lowest BCUT2D eigenvalue weighted by atomic mass is 10.1. The van der Waals surface area contributed by atoms with Gasteiger partial charge in [-0.25, -0.2) is 4.98 Å². The Kier molecular flexibility index (Phi) is 3.60. The first-order valence-electron chi connectivity index (χ1n) is 5.69. The summed E-state index contributed by atoms with van der Waals surface area (Å²) in [5.74, 6) is -0.179. The number of nitrogens with two attached hydrogens (primary N) is 1. The number of benzene rings is 1. The highest BCUT2D eigenvalue weighted by atomic mass is 16.6. The summed E-state index contributed by atoms with van der Waals surface area (Å²) in [5.41, 5.74) is 5.22. The van der Waals surface area contributed by atoms with Crippen molar-refractivity contribution in [3.63, 3.8) is 0 Å². The van der Waals surface area contributed by atoms with E-state index >= 15 is 0 Å². The van der Waals surface area contributed by atoms with Crippen molar-refractivity contribution in [3.8, 4) is 0 Å².